The summed E-state index contributed by atoms with van der Waals surface area (Å²) in [6.07, 6.45) is -1.43. The minimum Gasteiger partial charge on any atom is -0.335 e. The zero-order valence-electron chi connectivity index (χ0n) is 10.5. The zero-order valence-corrected chi connectivity index (χ0v) is 11.3. The summed E-state index contributed by atoms with van der Waals surface area (Å²) in [7, 11) is 0. The van der Waals surface area contributed by atoms with E-state index in [2.05, 4.69) is 15.0 Å². The summed E-state index contributed by atoms with van der Waals surface area (Å²) < 4.78 is 38.3. The summed E-state index contributed by atoms with van der Waals surface area (Å²) in [6.45, 7) is 0. The van der Waals surface area contributed by atoms with Gasteiger partial charge in [-0.25, -0.2) is 4.98 Å². The van der Waals surface area contributed by atoms with E-state index in [0.29, 0.717) is 5.56 Å². The molecule has 21 heavy (non-hydrogen) atoms. The number of pyridine rings is 1. The molecule has 0 amide bonds. The quantitative estimate of drug-likeness (QED) is 0.679. The number of rotatable bonds is 1. The van der Waals surface area contributed by atoms with Gasteiger partial charge in [0.2, 0.25) is 5.82 Å². The Bertz CT molecular complexity index is 866. The number of hydrogen-bond donors (Lipinski definition) is 1. The van der Waals surface area contributed by atoms with Crippen molar-refractivity contribution in [2.24, 2.45) is 0 Å². The second-order valence-corrected chi connectivity index (χ2v) is 4.81. The van der Waals surface area contributed by atoms with E-state index in [1.807, 2.05) is 24.3 Å². The second kappa shape index (κ2) is 4.92. The highest BCUT2D eigenvalue weighted by atomic mass is 32.1. The molecular formula is C14H8F3N3S. The van der Waals surface area contributed by atoms with Gasteiger partial charge in [0.1, 0.15) is 4.64 Å². The maximum atomic E-state index is 12.8. The highest BCUT2D eigenvalue weighted by Crippen LogP contribution is 2.30. The zero-order chi connectivity index (χ0) is 15.0. The number of fused-ring (bicyclic) bond motifs is 1. The number of alkyl halides is 3. The van der Waals surface area contributed by atoms with Crippen LogP contribution >= 0.6 is 12.2 Å². The standard InChI is InChI=1S/C14H8F3N3S/c15-14(16,17)13-19-11(5-12(21)20-13)10-7-18-6-8-3-1-2-4-9(8)10/h1-7H,(H,19,20,21). The topological polar surface area (TPSA) is 41.6 Å². The molecule has 0 saturated heterocycles. The Kier molecular flexibility index (Phi) is 3.21. The van der Waals surface area contributed by atoms with Gasteiger partial charge in [-0.3, -0.25) is 4.98 Å². The van der Waals surface area contributed by atoms with E-state index in [-0.39, 0.29) is 10.3 Å². The molecule has 0 aliphatic carbocycles. The lowest BCUT2D eigenvalue weighted by Gasteiger charge is -2.10. The number of halogens is 3. The van der Waals surface area contributed by atoms with Crippen molar-refractivity contribution < 1.29 is 13.2 Å². The van der Waals surface area contributed by atoms with Crippen LogP contribution in [0.15, 0.2) is 42.7 Å². The fourth-order valence-electron chi connectivity index (χ4n) is 2.07. The largest absolute Gasteiger partial charge is 0.449 e. The first-order valence-electron chi connectivity index (χ1n) is 5.97. The Hall–Kier alpha value is -2.28. The minimum absolute atomic E-state index is 0.121. The van der Waals surface area contributed by atoms with Crippen molar-refractivity contribution in [2.45, 2.75) is 6.18 Å². The van der Waals surface area contributed by atoms with E-state index in [4.69, 9.17) is 12.2 Å². The highest BCUT2D eigenvalue weighted by Gasteiger charge is 2.34. The third-order valence-corrected chi connectivity index (χ3v) is 3.18. The Morgan fingerprint density at radius 3 is 2.62 bits per heavy atom. The van der Waals surface area contributed by atoms with Crippen LogP contribution < -0.4 is 0 Å². The molecule has 3 nitrogen and oxygen atoms in total. The van der Waals surface area contributed by atoms with Gasteiger partial charge in [-0.2, -0.15) is 13.2 Å². The van der Waals surface area contributed by atoms with Gasteiger partial charge >= 0.3 is 6.18 Å². The van der Waals surface area contributed by atoms with Crippen LogP contribution in [-0.2, 0) is 6.18 Å². The maximum Gasteiger partial charge on any atom is 0.449 e. The number of benzene rings is 1. The van der Waals surface area contributed by atoms with Crippen molar-refractivity contribution in [1.82, 2.24) is 15.0 Å². The molecule has 3 rings (SSSR count). The van der Waals surface area contributed by atoms with Gasteiger partial charge in [-0.05, 0) is 11.5 Å². The van der Waals surface area contributed by atoms with Gasteiger partial charge < -0.3 is 4.98 Å². The molecule has 106 valence electrons. The summed E-state index contributed by atoms with van der Waals surface area (Å²) in [5.74, 6) is -1.11. The molecule has 0 aliphatic heterocycles. The molecule has 0 bridgehead atoms. The van der Waals surface area contributed by atoms with E-state index >= 15 is 0 Å². The number of nitrogens with one attached hydrogen (secondary N) is 1. The van der Waals surface area contributed by atoms with Gasteiger partial charge in [0.05, 0.1) is 5.69 Å². The van der Waals surface area contributed by atoms with E-state index in [0.717, 1.165) is 10.8 Å². The lowest BCUT2D eigenvalue weighted by molar-refractivity contribution is -0.144. The molecule has 0 saturated carbocycles. The first-order chi connectivity index (χ1) is 9.95. The fraction of sp³-hybridized carbons (Fsp3) is 0.0714. The fourth-order valence-corrected chi connectivity index (χ4v) is 2.28. The third-order valence-electron chi connectivity index (χ3n) is 2.97. The Labute approximate surface area is 122 Å². The number of aromatic nitrogens is 3. The molecule has 1 aromatic carbocycles. The Balaban J connectivity index is 2.29. The normalized spacial score (nSPS) is 11.8. The lowest BCUT2D eigenvalue weighted by atomic mass is 10.1. The molecule has 0 unspecified atom stereocenters. The van der Waals surface area contributed by atoms with Crippen LogP contribution in [0.1, 0.15) is 5.82 Å². The van der Waals surface area contributed by atoms with E-state index < -0.39 is 12.0 Å². The maximum absolute atomic E-state index is 12.8. The van der Waals surface area contributed by atoms with Crippen LogP contribution in [0.2, 0.25) is 0 Å². The highest BCUT2D eigenvalue weighted by molar-refractivity contribution is 7.71. The first kappa shape index (κ1) is 13.7. The van der Waals surface area contributed by atoms with Gasteiger partial charge in [0, 0.05) is 23.3 Å². The minimum atomic E-state index is -4.58. The molecule has 0 aliphatic rings. The Morgan fingerprint density at radius 1 is 1.10 bits per heavy atom. The van der Waals surface area contributed by atoms with Crippen molar-refractivity contribution in [3.05, 3.63) is 53.2 Å². The SMILES string of the molecule is FC(F)(F)c1nc(=S)cc(-c2cncc3ccccc23)[nH]1. The number of nitrogens with zero attached hydrogens (tertiary/aromatic N) is 2. The third kappa shape index (κ3) is 2.64. The van der Waals surface area contributed by atoms with Gasteiger partial charge in [0.15, 0.2) is 0 Å². The molecule has 0 atom stereocenters. The summed E-state index contributed by atoms with van der Waals surface area (Å²) >= 11 is 4.83. The van der Waals surface area contributed by atoms with Crippen LogP contribution in [0.4, 0.5) is 13.2 Å². The smallest absolute Gasteiger partial charge is 0.335 e. The second-order valence-electron chi connectivity index (χ2n) is 4.39. The van der Waals surface area contributed by atoms with Crippen LogP contribution in [0.5, 0.6) is 0 Å². The first-order valence-corrected chi connectivity index (χ1v) is 6.37. The predicted octanol–water partition coefficient (Wildman–Crippen LogP) is 4.37. The van der Waals surface area contributed by atoms with E-state index in [1.165, 1.54) is 12.3 Å². The molecule has 7 heteroatoms. The molecule has 3 aromatic rings. The van der Waals surface area contributed by atoms with Crippen molar-refractivity contribution in [1.29, 1.82) is 0 Å². The lowest BCUT2D eigenvalue weighted by Crippen LogP contribution is -2.11. The molecule has 0 spiro atoms. The summed E-state index contributed by atoms with van der Waals surface area (Å²) in [4.78, 5) is 9.67. The molecule has 0 fully saturated rings. The summed E-state index contributed by atoms with van der Waals surface area (Å²) in [5, 5.41) is 1.62. The molecule has 2 aromatic heterocycles. The van der Waals surface area contributed by atoms with Gasteiger partial charge in [-0.15, -0.1) is 0 Å². The number of H-pyrrole nitrogens is 1. The number of aromatic amines is 1. The van der Waals surface area contributed by atoms with E-state index in [1.54, 1.807) is 6.20 Å². The van der Waals surface area contributed by atoms with Gasteiger partial charge in [-0.1, -0.05) is 36.5 Å². The molecule has 1 N–H and O–H groups in total. The van der Waals surface area contributed by atoms with Crippen molar-refractivity contribution in [3.63, 3.8) is 0 Å². The van der Waals surface area contributed by atoms with Crippen LogP contribution in [-0.4, -0.2) is 15.0 Å². The number of hydrogen-bond acceptors (Lipinski definition) is 3. The van der Waals surface area contributed by atoms with Crippen LogP contribution in [0.3, 0.4) is 0 Å². The predicted molar refractivity (Wildman–Crippen MR) is 75.2 cm³/mol. The van der Waals surface area contributed by atoms with Crippen molar-refractivity contribution >= 4 is 23.0 Å². The molecule has 2 heterocycles. The van der Waals surface area contributed by atoms with Crippen LogP contribution in [0, 0.1) is 4.64 Å². The van der Waals surface area contributed by atoms with Gasteiger partial charge in [0.25, 0.3) is 0 Å². The summed E-state index contributed by atoms with van der Waals surface area (Å²) in [5.41, 5.74) is 0.790. The monoisotopic (exact) mass is 307 g/mol. The average molecular weight is 307 g/mol. The molecular weight excluding hydrogens is 299 g/mol. The van der Waals surface area contributed by atoms with E-state index in [9.17, 15) is 13.2 Å². The Morgan fingerprint density at radius 2 is 1.86 bits per heavy atom. The summed E-state index contributed by atoms with van der Waals surface area (Å²) in [6, 6.07) is 8.70. The van der Waals surface area contributed by atoms with Crippen molar-refractivity contribution in [2.75, 3.05) is 0 Å². The van der Waals surface area contributed by atoms with Crippen molar-refractivity contribution in [3.8, 4) is 11.3 Å². The van der Waals surface area contributed by atoms with Crippen LogP contribution in [0.25, 0.3) is 22.0 Å². The molecule has 0 radical (unpaired) electrons. The average Bonchev–Trinajstić information content (AvgIpc) is 2.45.